The molecule has 0 amide bonds. The second-order valence-corrected chi connectivity index (χ2v) is 4.71. The first kappa shape index (κ1) is 11.3. The van der Waals surface area contributed by atoms with Gasteiger partial charge in [-0.2, -0.15) is 0 Å². The van der Waals surface area contributed by atoms with E-state index >= 15 is 0 Å². The Morgan fingerprint density at radius 2 is 2.28 bits per heavy atom. The molecule has 0 saturated carbocycles. The largest absolute Gasteiger partial charge is 0.309 e. The number of hydrogen-bond acceptors (Lipinski definition) is 4. The highest BCUT2D eigenvalue weighted by Crippen LogP contribution is 2.22. The number of piperidine rings is 1. The van der Waals surface area contributed by atoms with Crippen molar-refractivity contribution in [3.8, 4) is 5.95 Å². The zero-order valence-electron chi connectivity index (χ0n) is 10.5. The van der Waals surface area contributed by atoms with E-state index in [1.807, 2.05) is 17.7 Å². The third kappa shape index (κ3) is 2.26. The monoisotopic (exact) mass is 243 g/mol. The third-order valence-electron chi connectivity index (χ3n) is 3.26. The Morgan fingerprint density at radius 3 is 3.00 bits per heavy atom. The van der Waals surface area contributed by atoms with E-state index in [4.69, 9.17) is 0 Å². The van der Waals surface area contributed by atoms with E-state index < -0.39 is 0 Å². The van der Waals surface area contributed by atoms with E-state index in [1.165, 1.54) is 12.8 Å². The minimum Gasteiger partial charge on any atom is -0.309 e. The van der Waals surface area contributed by atoms with Crippen LogP contribution in [0.25, 0.3) is 5.95 Å². The molecule has 0 radical (unpaired) electrons. The van der Waals surface area contributed by atoms with Crippen molar-refractivity contribution in [2.24, 2.45) is 0 Å². The van der Waals surface area contributed by atoms with Crippen LogP contribution in [0.5, 0.6) is 0 Å². The molecule has 94 valence electrons. The van der Waals surface area contributed by atoms with Crippen LogP contribution in [0.2, 0.25) is 0 Å². The summed E-state index contributed by atoms with van der Waals surface area (Å²) >= 11 is 0. The van der Waals surface area contributed by atoms with Gasteiger partial charge in [0.05, 0.1) is 5.69 Å². The predicted octanol–water partition coefficient (Wildman–Crippen LogP) is 1.79. The van der Waals surface area contributed by atoms with Crippen molar-refractivity contribution < 1.29 is 0 Å². The van der Waals surface area contributed by atoms with Crippen LogP contribution in [0.1, 0.15) is 36.7 Å². The van der Waals surface area contributed by atoms with Crippen molar-refractivity contribution in [3.05, 3.63) is 36.2 Å². The fourth-order valence-corrected chi connectivity index (χ4v) is 2.35. The zero-order valence-corrected chi connectivity index (χ0v) is 10.5. The maximum absolute atomic E-state index is 4.65. The van der Waals surface area contributed by atoms with Gasteiger partial charge in [-0.15, -0.1) is 0 Å². The summed E-state index contributed by atoms with van der Waals surface area (Å²) in [6, 6.07) is 2.44. The first-order chi connectivity index (χ1) is 8.83. The molecule has 5 heteroatoms. The molecule has 0 spiro atoms. The molecule has 0 bridgehead atoms. The number of hydrogen-bond donors (Lipinski definition) is 1. The van der Waals surface area contributed by atoms with E-state index in [1.54, 1.807) is 12.5 Å². The van der Waals surface area contributed by atoms with Crippen molar-refractivity contribution >= 4 is 0 Å². The van der Waals surface area contributed by atoms with Gasteiger partial charge in [-0.05, 0) is 32.4 Å². The van der Waals surface area contributed by atoms with Crippen LogP contribution in [0, 0.1) is 6.92 Å². The van der Waals surface area contributed by atoms with Gasteiger partial charge < -0.3 is 5.32 Å². The van der Waals surface area contributed by atoms with Gasteiger partial charge in [0, 0.05) is 24.1 Å². The Balaban J connectivity index is 1.95. The summed E-state index contributed by atoms with van der Waals surface area (Å²) in [4.78, 5) is 13.1. The number of imidazole rings is 1. The first-order valence-electron chi connectivity index (χ1n) is 6.40. The van der Waals surface area contributed by atoms with Crippen molar-refractivity contribution in [1.82, 2.24) is 24.8 Å². The van der Waals surface area contributed by atoms with Gasteiger partial charge in [0.25, 0.3) is 0 Å². The zero-order chi connectivity index (χ0) is 12.4. The Morgan fingerprint density at radius 1 is 1.33 bits per heavy atom. The van der Waals surface area contributed by atoms with Crippen molar-refractivity contribution in [3.63, 3.8) is 0 Å². The van der Waals surface area contributed by atoms with E-state index in [0.29, 0.717) is 12.0 Å². The van der Waals surface area contributed by atoms with Crippen LogP contribution in [0.3, 0.4) is 0 Å². The smallest absolute Gasteiger partial charge is 0.235 e. The average Bonchev–Trinajstić information content (AvgIpc) is 2.93. The molecule has 1 saturated heterocycles. The van der Waals surface area contributed by atoms with Crippen LogP contribution in [-0.2, 0) is 0 Å². The number of nitrogens with zero attached hydrogens (tertiary/aromatic N) is 4. The molecule has 1 unspecified atom stereocenters. The molecular weight excluding hydrogens is 226 g/mol. The van der Waals surface area contributed by atoms with Gasteiger partial charge in [-0.1, -0.05) is 6.42 Å². The lowest BCUT2D eigenvalue weighted by atomic mass is 10.0. The summed E-state index contributed by atoms with van der Waals surface area (Å²) in [5, 5.41) is 3.52. The second-order valence-electron chi connectivity index (χ2n) is 4.71. The highest BCUT2D eigenvalue weighted by Gasteiger charge is 2.17. The Kier molecular flexibility index (Phi) is 3.06. The summed E-state index contributed by atoms with van der Waals surface area (Å²) in [5.74, 6) is 0.704. The fourth-order valence-electron chi connectivity index (χ4n) is 2.35. The van der Waals surface area contributed by atoms with Gasteiger partial charge >= 0.3 is 0 Å². The summed E-state index contributed by atoms with van der Waals surface area (Å²) in [7, 11) is 0. The molecule has 0 aromatic carbocycles. The Bertz CT molecular complexity index is 514. The second kappa shape index (κ2) is 4.86. The summed E-state index contributed by atoms with van der Waals surface area (Å²) in [6.07, 6.45) is 9.01. The van der Waals surface area contributed by atoms with Crippen molar-refractivity contribution in [2.75, 3.05) is 6.54 Å². The van der Waals surface area contributed by atoms with Crippen LogP contribution < -0.4 is 5.32 Å². The maximum atomic E-state index is 4.65. The highest BCUT2D eigenvalue weighted by atomic mass is 15.2. The SMILES string of the molecule is Cc1cc(C2CCCCN2)nc(-n2ccnc2)n1. The Hall–Kier alpha value is -1.75. The number of nitrogens with one attached hydrogen (secondary N) is 1. The molecule has 3 heterocycles. The number of aromatic nitrogens is 4. The van der Waals surface area contributed by atoms with Crippen LogP contribution in [0.4, 0.5) is 0 Å². The van der Waals surface area contributed by atoms with E-state index in [-0.39, 0.29) is 0 Å². The number of rotatable bonds is 2. The molecule has 1 fully saturated rings. The summed E-state index contributed by atoms with van der Waals surface area (Å²) in [6.45, 7) is 3.09. The van der Waals surface area contributed by atoms with Gasteiger partial charge in [0.15, 0.2) is 0 Å². The van der Waals surface area contributed by atoms with Crippen molar-refractivity contribution in [2.45, 2.75) is 32.2 Å². The van der Waals surface area contributed by atoms with Gasteiger partial charge in [0.2, 0.25) is 5.95 Å². The quantitative estimate of drug-likeness (QED) is 0.873. The van der Waals surface area contributed by atoms with E-state index in [9.17, 15) is 0 Å². The standard InChI is InChI=1S/C13H17N5/c1-10-8-12(11-4-2-3-5-15-11)17-13(16-10)18-7-6-14-9-18/h6-9,11,15H,2-5H2,1H3. The van der Waals surface area contributed by atoms with E-state index in [0.717, 1.165) is 24.4 Å². The topological polar surface area (TPSA) is 55.6 Å². The molecule has 3 rings (SSSR count). The highest BCUT2D eigenvalue weighted by molar-refractivity contribution is 5.21. The molecule has 1 aliphatic rings. The molecule has 1 aliphatic heterocycles. The van der Waals surface area contributed by atoms with Crippen LogP contribution >= 0.6 is 0 Å². The molecule has 1 N–H and O–H groups in total. The molecular formula is C13H17N5. The maximum Gasteiger partial charge on any atom is 0.235 e. The molecule has 0 aliphatic carbocycles. The lowest BCUT2D eigenvalue weighted by Gasteiger charge is -2.23. The molecule has 18 heavy (non-hydrogen) atoms. The normalized spacial score (nSPS) is 19.9. The minimum absolute atomic E-state index is 0.364. The van der Waals surface area contributed by atoms with Crippen molar-refractivity contribution in [1.29, 1.82) is 0 Å². The summed E-state index contributed by atoms with van der Waals surface area (Å²) < 4.78 is 1.85. The molecule has 1 atom stereocenters. The predicted molar refractivity (Wildman–Crippen MR) is 68.5 cm³/mol. The first-order valence-corrected chi connectivity index (χ1v) is 6.40. The Labute approximate surface area is 106 Å². The van der Waals surface area contributed by atoms with Gasteiger partial charge in [0.1, 0.15) is 6.33 Å². The third-order valence-corrected chi connectivity index (χ3v) is 3.26. The fraction of sp³-hybridized carbons (Fsp3) is 0.462. The molecule has 2 aromatic rings. The lowest BCUT2D eigenvalue weighted by molar-refractivity contribution is 0.404. The van der Waals surface area contributed by atoms with E-state index in [2.05, 4.69) is 26.3 Å². The van der Waals surface area contributed by atoms with Crippen LogP contribution in [-0.4, -0.2) is 26.1 Å². The molecule has 2 aromatic heterocycles. The molecule has 5 nitrogen and oxygen atoms in total. The number of aryl methyl sites for hydroxylation is 1. The van der Waals surface area contributed by atoms with Gasteiger partial charge in [-0.25, -0.2) is 15.0 Å². The summed E-state index contributed by atoms with van der Waals surface area (Å²) in [5.41, 5.74) is 2.09. The average molecular weight is 243 g/mol. The lowest BCUT2D eigenvalue weighted by Crippen LogP contribution is -2.28. The van der Waals surface area contributed by atoms with Gasteiger partial charge in [-0.3, -0.25) is 4.57 Å². The van der Waals surface area contributed by atoms with Crippen LogP contribution in [0.15, 0.2) is 24.8 Å². The minimum atomic E-state index is 0.364.